The van der Waals surface area contributed by atoms with Crippen LogP contribution >= 0.6 is 11.6 Å². The molecule has 0 bridgehead atoms. The Morgan fingerprint density at radius 2 is 2.11 bits per heavy atom. The molecule has 1 fully saturated rings. The number of ether oxygens (including phenoxy) is 3. The average molecular weight is 393 g/mol. The van der Waals surface area contributed by atoms with Gasteiger partial charge in [-0.3, -0.25) is 0 Å². The first-order valence-corrected chi connectivity index (χ1v) is 9.37. The van der Waals surface area contributed by atoms with E-state index in [1.54, 1.807) is 13.2 Å². The van der Waals surface area contributed by atoms with Gasteiger partial charge in [0.25, 0.3) is 0 Å². The minimum atomic E-state index is -0.126. The van der Waals surface area contributed by atoms with Crippen molar-refractivity contribution >= 4 is 23.4 Å². The van der Waals surface area contributed by atoms with Gasteiger partial charge in [0.05, 0.1) is 26.4 Å². The molecule has 1 aromatic carbocycles. The molecule has 0 saturated carbocycles. The van der Waals surface area contributed by atoms with Crippen LogP contribution in [-0.4, -0.2) is 43.4 Å². The topological polar surface area (TPSA) is 82.7 Å². The lowest BCUT2D eigenvalue weighted by Crippen LogP contribution is -2.32. The molecule has 8 heteroatoms. The average Bonchev–Trinajstić information content (AvgIpc) is 2.88. The van der Waals surface area contributed by atoms with Crippen LogP contribution in [-0.2, 0) is 4.74 Å². The van der Waals surface area contributed by atoms with Gasteiger partial charge in [-0.2, -0.15) is 4.98 Å². The number of nitrogen functional groups attached to an aromatic ring is 1. The molecule has 1 unspecified atom stereocenters. The first kappa shape index (κ1) is 19.5. The molecule has 0 spiro atoms. The summed E-state index contributed by atoms with van der Waals surface area (Å²) in [5.41, 5.74) is 7.60. The van der Waals surface area contributed by atoms with E-state index >= 15 is 0 Å². The van der Waals surface area contributed by atoms with Crippen LogP contribution in [0.1, 0.15) is 30.6 Å². The van der Waals surface area contributed by atoms with Crippen molar-refractivity contribution in [1.29, 1.82) is 0 Å². The molecule has 2 aromatic rings. The van der Waals surface area contributed by atoms with Crippen LogP contribution in [0.4, 0.5) is 11.8 Å². The normalized spacial score (nSPS) is 17.5. The first-order valence-electron chi connectivity index (χ1n) is 8.99. The van der Waals surface area contributed by atoms with Crippen LogP contribution < -0.4 is 20.1 Å². The lowest BCUT2D eigenvalue weighted by atomic mass is 10.0. The van der Waals surface area contributed by atoms with E-state index < -0.39 is 0 Å². The summed E-state index contributed by atoms with van der Waals surface area (Å²) in [6, 6.07) is 5.51. The molecule has 1 saturated heterocycles. The monoisotopic (exact) mass is 392 g/mol. The fourth-order valence-corrected chi connectivity index (χ4v) is 3.54. The predicted octanol–water partition coefficient (Wildman–Crippen LogP) is 3.40. The van der Waals surface area contributed by atoms with E-state index in [1.807, 2.05) is 26.0 Å². The van der Waals surface area contributed by atoms with Gasteiger partial charge in [0.15, 0.2) is 11.5 Å². The molecule has 1 atom stereocenters. The highest BCUT2D eigenvalue weighted by Crippen LogP contribution is 2.39. The van der Waals surface area contributed by atoms with E-state index in [4.69, 9.17) is 31.5 Å². The van der Waals surface area contributed by atoms with Crippen LogP contribution in [0.2, 0.25) is 5.02 Å². The van der Waals surface area contributed by atoms with Crippen LogP contribution in [0, 0.1) is 6.92 Å². The highest BCUT2D eigenvalue weighted by Gasteiger charge is 2.28. The number of rotatable bonds is 5. The lowest BCUT2D eigenvalue weighted by Gasteiger charge is -2.32. The summed E-state index contributed by atoms with van der Waals surface area (Å²) < 4.78 is 17.0. The van der Waals surface area contributed by atoms with Gasteiger partial charge in [-0.05, 0) is 31.9 Å². The van der Waals surface area contributed by atoms with Gasteiger partial charge in [-0.25, -0.2) is 4.98 Å². The lowest BCUT2D eigenvalue weighted by molar-refractivity contribution is 0.134. The van der Waals surface area contributed by atoms with E-state index in [0.29, 0.717) is 36.3 Å². The van der Waals surface area contributed by atoms with Crippen molar-refractivity contribution in [2.24, 2.45) is 0 Å². The van der Waals surface area contributed by atoms with Crippen molar-refractivity contribution in [3.05, 3.63) is 34.5 Å². The Hall–Kier alpha value is -2.25. The molecule has 0 amide bonds. The Morgan fingerprint density at radius 1 is 1.30 bits per heavy atom. The van der Waals surface area contributed by atoms with Crippen molar-refractivity contribution in [3.8, 4) is 11.5 Å². The van der Waals surface area contributed by atoms with E-state index in [-0.39, 0.29) is 12.0 Å². The summed E-state index contributed by atoms with van der Waals surface area (Å²) in [4.78, 5) is 10.8. The minimum Gasteiger partial charge on any atom is -0.493 e. The summed E-state index contributed by atoms with van der Waals surface area (Å²) in [6.07, 6.45) is 0.881. The van der Waals surface area contributed by atoms with E-state index in [1.165, 1.54) is 0 Å². The number of nitrogens with zero attached hydrogens (tertiary/aromatic N) is 3. The number of benzene rings is 1. The van der Waals surface area contributed by atoms with E-state index in [9.17, 15) is 0 Å². The molecule has 3 rings (SSSR count). The number of hydrogen-bond acceptors (Lipinski definition) is 7. The van der Waals surface area contributed by atoms with Gasteiger partial charge in [0.1, 0.15) is 5.82 Å². The maximum atomic E-state index is 6.61. The molecular formula is C19H25ClN4O3. The smallest absolute Gasteiger partial charge is 0.222 e. The van der Waals surface area contributed by atoms with Gasteiger partial charge < -0.3 is 24.8 Å². The third-order valence-corrected chi connectivity index (χ3v) is 4.76. The molecule has 146 valence electrons. The van der Waals surface area contributed by atoms with Crippen molar-refractivity contribution in [3.63, 3.8) is 0 Å². The van der Waals surface area contributed by atoms with Crippen molar-refractivity contribution in [2.75, 3.05) is 44.1 Å². The summed E-state index contributed by atoms with van der Waals surface area (Å²) in [5, 5.41) is 0.592. The molecule has 1 aromatic heterocycles. The highest BCUT2D eigenvalue weighted by molar-refractivity contribution is 6.31. The fourth-order valence-electron chi connectivity index (χ4n) is 3.27. The van der Waals surface area contributed by atoms with Crippen molar-refractivity contribution in [1.82, 2.24) is 9.97 Å². The summed E-state index contributed by atoms with van der Waals surface area (Å²) in [6.45, 7) is 6.30. The molecule has 27 heavy (non-hydrogen) atoms. The van der Waals surface area contributed by atoms with Crippen LogP contribution in [0.5, 0.6) is 11.5 Å². The van der Waals surface area contributed by atoms with E-state index in [2.05, 4.69) is 14.9 Å². The highest BCUT2D eigenvalue weighted by atomic mass is 35.5. The molecule has 2 N–H and O–H groups in total. The SMILES string of the molecule is CCOc1cc(C2COCCCN2c2cc(C)nc(N)n2)c(Cl)cc1OC. The van der Waals surface area contributed by atoms with Gasteiger partial charge in [0.2, 0.25) is 5.95 Å². The van der Waals surface area contributed by atoms with E-state index in [0.717, 1.165) is 30.0 Å². The molecule has 0 aliphatic carbocycles. The first-order chi connectivity index (χ1) is 13.0. The Morgan fingerprint density at radius 3 is 2.81 bits per heavy atom. The molecule has 1 aliphatic heterocycles. The Bertz CT molecular complexity index is 783. The maximum absolute atomic E-state index is 6.61. The zero-order chi connectivity index (χ0) is 19.4. The molecule has 7 nitrogen and oxygen atoms in total. The molecule has 0 radical (unpaired) electrons. The summed E-state index contributed by atoms with van der Waals surface area (Å²) in [7, 11) is 1.60. The summed E-state index contributed by atoms with van der Waals surface area (Å²) >= 11 is 6.61. The number of aryl methyl sites for hydroxylation is 1. The summed E-state index contributed by atoms with van der Waals surface area (Å²) in [5.74, 6) is 2.28. The van der Waals surface area contributed by atoms with Crippen LogP contribution in [0.15, 0.2) is 18.2 Å². The Kier molecular flexibility index (Phi) is 6.23. The number of halogens is 1. The Balaban J connectivity index is 2.06. The third-order valence-electron chi connectivity index (χ3n) is 4.43. The van der Waals surface area contributed by atoms with Gasteiger partial charge >= 0.3 is 0 Å². The standard InChI is InChI=1S/C19H25ClN4O3/c1-4-27-17-9-13(14(20)10-16(17)25-3)15-11-26-7-5-6-24(15)18-8-12(2)22-19(21)23-18/h8-10,15H,4-7,11H2,1-3H3,(H2,21,22,23). The largest absolute Gasteiger partial charge is 0.493 e. The molecule has 1 aliphatic rings. The molecular weight excluding hydrogens is 368 g/mol. The van der Waals surface area contributed by atoms with Crippen molar-refractivity contribution < 1.29 is 14.2 Å². The number of anilines is 2. The van der Waals surface area contributed by atoms with Gasteiger partial charge in [-0.15, -0.1) is 0 Å². The second kappa shape index (κ2) is 8.63. The number of methoxy groups -OCH3 is 1. The van der Waals surface area contributed by atoms with Crippen molar-refractivity contribution in [2.45, 2.75) is 26.3 Å². The second-order valence-electron chi connectivity index (χ2n) is 6.32. The number of nitrogens with two attached hydrogens (primary N) is 1. The second-order valence-corrected chi connectivity index (χ2v) is 6.73. The number of aromatic nitrogens is 2. The van der Waals surface area contributed by atoms with Gasteiger partial charge in [-0.1, -0.05) is 11.6 Å². The zero-order valence-electron chi connectivity index (χ0n) is 15.9. The predicted molar refractivity (Wildman–Crippen MR) is 106 cm³/mol. The van der Waals surface area contributed by atoms with Gasteiger partial charge in [0, 0.05) is 36.0 Å². The minimum absolute atomic E-state index is 0.126. The number of hydrogen-bond donors (Lipinski definition) is 1. The van der Waals surface area contributed by atoms with Crippen LogP contribution in [0.25, 0.3) is 0 Å². The van der Waals surface area contributed by atoms with Crippen LogP contribution in [0.3, 0.4) is 0 Å². The quantitative estimate of drug-likeness (QED) is 0.834. The molecule has 2 heterocycles. The Labute approximate surface area is 164 Å². The maximum Gasteiger partial charge on any atom is 0.222 e. The fraction of sp³-hybridized carbons (Fsp3) is 0.474. The third kappa shape index (κ3) is 4.36. The zero-order valence-corrected chi connectivity index (χ0v) is 16.6.